The van der Waals surface area contributed by atoms with Crippen LogP contribution in [0, 0.1) is 11.8 Å². The lowest BCUT2D eigenvalue weighted by atomic mass is 9.92. The average Bonchev–Trinajstić information content (AvgIpc) is 2.33. The van der Waals surface area contributed by atoms with E-state index in [2.05, 4.69) is 77.7 Å². The van der Waals surface area contributed by atoms with Gasteiger partial charge in [0, 0.05) is 25.7 Å². The Kier molecular flexibility index (Phi) is 6.32. The van der Waals surface area contributed by atoms with Crippen LogP contribution >= 0.6 is 0 Å². The third kappa shape index (κ3) is 4.66. The predicted octanol–water partition coefficient (Wildman–Crippen LogP) is 4.15. The first kappa shape index (κ1) is 17.3. The van der Waals surface area contributed by atoms with Crippen molar-refractivity contribution in [3.63, 3.8) is 0 Å². The zero-order chi connectivity index (χ0) is 15.4. The molecule has 0 unspecified atom stereocenters. The van der Waals surface area contributed by atoms with Gasteiger partial charge in [-0.25, -0.2) is 0 Å². The summed E-state index contributed by atoms with van der Waals surface area (Å²) in [6.07, 6.45) is 5.90. The Morgan fingerprint density at radius 3 is 2.05 bits per heavy atom. The molecule has 2 heterocycles. The van der Waals surface area contributed by atoms with E-state index >= 15 is 0 Å². The van der Waals surface area contributed by atoms with Crippen molar-refractivity contribution in [3.05, 3.63) is 23.4 Å². The summed E-state index contributed by atoms with van der Waals surface area (Å²) in [5.41, 5.74) is 3.02. The van der Waals surface area contributed by atoms with Gasteiger partial charge in [-0.2, -0.15) is 0 Å². The van der Waals surface area contributed by atoms with E-state index in [9.17, 15) is 0 Å². The molecule has 116 valence electrons. The molecule has 2 nitrogen and oxygen atoms in total. The lowest BCUT2D eigenvalue weighted by molar-refractivity contribution is 0.222. The van der Waals surface area contributed by atoms with E-state index < -0.39 is 0 Å². The van der Waals surface area contributed by atoms with E-state index in [4.69, 9.17) is 0 Å². The van der Waals surface area contributed by atoms with Gasteiger partial charge in [-0.15, -0.1) is 0 Å². The maximum absolute atomic E-state index is 2.40. The third-order valence-corrected chi connectivity index (χ3v) is 5.04. The Morgan fingerprint density at radius 1 is 0.950 bits per heavy atom. The van der Waals surface area contributed by atoms with Crippen LogP contribution in [0.5, 0.6) is 0 Å². The molecule has 0 aliphatic carbocycles. The van der Waals surface area contributed by atoms with Gasteiger partial charge in [-0.3, -0.25) is 4.90 Å². The maximum atomic E-state index is 2.40. The molecule has 0 fully saturated rings. The lowest BCUT2D eigenvalue weighted by Gasteiger charge is -2.34. The van der Waals surface area contributed by atoms with Crippen LogP contribution in [-0.4, -0.2) is 42.5 Å². The Balaban J connectivity index is 0.000000200. The molecule has 0 spiro atoms. The van der Waals surface area contributed by atoms with Crippen molar-refractivity contribution >= 4 is 0 Å². The smallest absolute Gasteiger partial charge is 0.0281 e. The highest BCUT2D eigenvalue weighted by atomic mass is 15.1. The van der Waals surface area contributed by atoms with Crippen molar-refractivity contribution in [3.8, 4) is 0 Å². The molecule has 0 saturated heterocycles. The van der Waals surface area contributed by atoms with Crippen molar-refractivity contribution in [1.82, 2.24) is 9.80 Å². The summed E-state index contributed by atoms with van der Waals surface area (Å²) in [6.45, 7) is 14.7. The molecule has 2 rings (SSSR count). The first-order chi connectivity index (χ1) is 9.22. The number of hydrogen-bond acceptors (Lipinski definition) is 2. The minimum Gasteiger partial charge on any atom is -0.377 e. The Hall–Kier alpha value is -0.760. The van der Waals surface area contributed by atoms with Gasteiger partial charge in [-0.1, -0.05) is 31.1 Å². The van der Waals surface area contributed by atoms with Crippen molar-refractivity contribution in [1.29, 1.82) is 0 Å². The highest BCUT2D eigenvalue weighted by Crippen LogP contribution is 2.23. The summed E-state index contributed by atoms with van der Waals surface area (Å²) in [7, 11) is 4.35. The van der Waals surface area contributed by atoms with Crippen molar-refractivity contribution < 1.29 is 0 Å². The molecule has 0 N–H and O–H groups in total. The van der Waals surface area contributed by atoms with E-state index in [1.54, 1.807) is 0 Å². The summed E-state index contributed by atoms with van der Waals surface area (Å²) < 4.78 is 0. The SMILES string of the molecule is CC1=CN(C)[C@H](C)[C@@H](C)C1.CC1=C[C@H](C)[C@@H](C)N(C)C1. The summed E-state index contributed by atoms with van der Waals surface area (Å²) in [6, 6.07) is 1.42. The Morgan fingerprint density at radius 2 is 1.55 bits per heavy atom. The zero-order valence-electron chi connectivity index (χ0n) is 14.8. The number of allylic oxidation sites excluding steroid dienone is 1. The minimum atomic E-state index is 0.712. The van der Waals surface area contributed by atoms with Gasteiger partial charge in [0.25, 0.3) is 0 Å². The van der Waals surface area contributed by atoms with Crippen molar-refractivity contribution in [2.45, 2.75) is 60.0 Å². The fourth-order valence-electron chi connectivity index (χ4n) is 3.18. The summed E-state index contributed by atoms with van der Waals surface area (Å²) >= 11 is 0. The summed E-state index contributed by atoms with van der Waals surface area (Å²) in [4.78, 5) is 4.71. The molecule has 0 bridgehead atoms. The second kappa shape index (κ2) is 7.31. The van der Waals surface area contributed by atoms with Crippen LogP contribution in [-0.2, 0) is 0 Å². The topological polar surface area (TPSA) is 6.48 Å². The van der Waals surface area contributed by atoms with E-state index in [0.717, 1.165) is 18.4 Å². The van der Waals surface area contributed by atoms with Crippen LogP contribution < -0.4 is 0 Å². The van der Waals surface area contributed by atoms with Gasteiger partial charge in [0.1, 0.15) is 0 Å². The largest absolute Gasteiger partial charge is 0.377 e. The molecule has 2 aliphatic heterocycles. The number of hydrogen-bond donors (Lipinski definition) is 0. The predicted molar refractivity (Wildman–Crippen MR) is 89.8 cm³/mol. The molecule has 0 aromatic carbocycles. The molecule has 2 heteroatoms. The monoisotopic (exact) mass is 278 g/mol. The van der Waals surface area contributed by atoms with Crippen LogP contribution in [0.25, 0.3) is 0 Å². The van der Waals surface area contributed by atoms with Gasteiger partial charge in [0.15, 0.2) is 0 Å². The second-order valence-corrected chi connectivity index (χ2v) is 7.09. The minimum absolute atomic E-state index is 0.712. The van der Waals surface area contributed by atoms with E-state index in [0.29, 0.717) is 12.1 Å². The molecule has 0 aromatic heterocycles. The molecular formula is C18H34N2. The van der Waals surface area contributed by atoms with Gasteiger partial charge in [0.2, 0.25) is 0 Å². The van der Waals surface area contributed by atoms with Crippen LogP contribution in [0.4, 0.5) is 0 Å². The van der Waals surface area contributed by atoms with Crippen molar-refractivity contribution in [2.24, 2.45) is 11.8 Å². The first-order valence-electron chi connectivity index (χ1n) is 7.99. The van der Waals surface area contributed by atoms with Crippen LogP contribution in [0.3, 0.4) is 0 Å². The number of rotatable bonds is 0. The quantitative estimate of drug-likeness (QED) is 0.614. The van der Waals surface area contributed by atoms with Gasteiger partial charge in [0.05, 0.1) is 0 Å². The average molecular weight is 278 g/mol. The molecular weight excluding hydrogens is 244 g/mol. The summed E-state index contributed by atoms with van der Waals surface area (Å²) in [5, 5.41) is 0. The Labute approximate surface area is 126 Å². The Bertz CT molecular complexity index is 334. The second-order valence-electron chi connectivity index (χ2n) is 7.09. The third-order valence-electron chi connectivity index (χ3n) is 5.04. The van der Waals surface area contributed by atoms with Gasteiger partial charge < -0.3 is 4.90 Å². The highest BCUT2D eigenvalue weighted by Gasteiger charge is 2.20. The molecule has 0 amide bonds. The highest BCUT2D eigenvalue weighted by molar-refractivity contribution is 5.09. The fourth-order valence-corrected chi connectivity index (χ4v) is 3.18. The molecule has 0 saturated carbocycles. The summed E-state index contributed by atoms with van der Waals surface area (Å²) in [5.74, 6) is 1.54. The molecule has 0 radical (unpaired) electrons. The maximum Gasteiger partial charge on any atom is 0.0281 e. The van der Waals surface area contributed by atoms with Gasteiger partial charge >= 0.3 is 0 Å². The molecule has 20 heavy (non-hydrogen) atoms. The molecule has 4 atom stereocenters. The van der Waals surface area contributed by atoms with E-state index in [1.165, 1.54) is 17.6 Å². The zero-order valence-corrected chi connectivity index (χ0v) is 14.8. The molecule has 0 aromatic rings. The van der Waals surface area contributed by atoms with Gasteiger partial charge in [-0.05, 0) is 59.2 Å². The van der Waals surface area contributed by atoms with Crippen LogP contribution in [0.15, 0.2) is 23.4 Å². The number of nitrogens with zero attached hydrogens (tertiary/aromatic N) is 2. The normalized spacial score (nSPS) is 34.9. The molecule has 2 aliphatic rings. The standard InChI is InChI=1S/2C9H17N/c2*1-7-5-8(2)9(3)10(4)6-7/h6,8-9H,5H2,1-4H3;5,8-9H,6H2,1-4H3/t2*8-,9+/m00/s1. The van der Waals surface area contributed by atoms with Crippen molar-refractivity contribution in [2.75, 3.05) is 20.6 Å². The number of likely N-dealkylation sites (N-methyl/N-ethyl adjacent to an activating group) is 1. The van der Waals surface area contributed by atoms with Crippen LogP contribution in [0.1, 0.15) is 48.0 Å². The lowest BCUT2D eigenvalue weighted by Crippen LogP contribution is -2.38. The van der Waals surface area contributed by atoms with Crippen LogP contribution in [0.2, 0.25) is 0 Å². The fraction of sp³-hybridized carbons (Fsp3) is 0.778. The first-order valence-corrected chi connectivity index (χ1v) is 7.99. The van der Waals surface area contributed by atoms with E-state index in [1.807, 2.05) is 0 Å². The van der Waals surface area contributed by atoms with E-state index in [-0.39, 0.29) is 0 Å².